The van der Waals surface area contributed by atoms with E-state index in [0.717, 1.165) is 0 Å². The first-order valence-corrected chi connectivity index (χ1v) is 8.60. The minimum atomic E-state index is -0.462. The minimum absolute atomic E-state index is 0.287. The molecule has 2 aromatic carbocycles. The lowest BCUT2D eigenvalue weighted by Crippen LogP contribution is -2.08. The van der Waals surface area contributed by atoms with E-state index >= 15 is 0 Å². The van der Waals surface area contributed by atoms with Gasteiger partial charge in [-0.05, 0) is 24.3 Å². The van der Waals surface area contributed by atoms with Crippen molar-refractivity contribution in [1.29, 1.82) is 0 Å². The van der Waals surface area contributed by atoms with Crippen LogP contribution in [-0.2, 0) is 19.1 Å². The van der Waals surface area contributed by atoms with Crippen molar-refractivity contribution in [3.63, 3.8) is 0 Å². The van der Waals surface area contributed by atoms with E-state index in [0.29, 0.717) is 17.1 Å². The Morgan fingerprint density at radius 3 is 1.82 bits per heavy atom. The molecule has 0 amide bonds. The van der Waals surface area contributed by atoms with Crippen LogP contribution in [0.15, 0.2) is 54.6 Å². The highest BCUT2D eigenvalue weighted by Crippen LogP contribution is 2.19. The van der Waals surface area contributed by atoms with Crippen LogP contribution in [0.2, 0.25) is 0 Å². The predicted molar refractivity (Wildman–Crippen MR) is 104 cm³/mol. The van der Waals surface area contributed by atoms with Gasteiger partial charge < -0.3 is 18.9 Å². The Hall–Kier alpha value is -3.35. The lowest BCUT2D eigenvalue weighted by molar-refractivity contribution is -0.163. The van der Waals surface area contributed by atoms with Crippen LogP contribution in [0.3, 0.4) is 0 Å². The highest BCUT2D eigenvalue weighted by atomic mass is 16.7. The van der Waals surface area contributed by atoms with Gasteiger partial charge in [0.25, 0.3) is 0 Å². The molecule has 0 heterocycles. The monoisotopic (exact) mass is 390 g/mol. The van der Waals surface area contributed by atoms with Crippen molar-refractivity contribution in [3.05, 3.63) is 60.2 Å². The van der Waals surface area contributed by atoms with E-state index < -0.39 is 11.9 Å². The average molecular weight is 390 g/mol. The highest BCUT2D eigenvalue weighted by molar-refractivity contribution is 5.90. The van der Waals surface area contributed by atoms with Crippen molar-refractivity contribution in [2.24, 2.45) is 0 Å². The van der Waals surface area contributed by atoms with Crippen LogP contribution in [0, 0.1) is 0 Å². The molecule has 0 N–H and O–H groups in total. The molecule has 2 aromatic rings. The zero-order valence-corrected chi connectivity index (χ0v) is 16.8. The van der Waals surface area contributed by atoms with E-state index in [-0.39, 0.29) is 12.8 Å². The van der Waals surface area contributed by atoms with Gasteiger partial charge in [-0.15, -0.1) is 0 Å². The van der Waals surface area contributed by atoms with Crippen molar-refractivity contribution in [2.45, 2.75) is 27.7 Å². The SMILES string of the molecule is CC.CC(=O)OCOC(C)=O.COc1cccc(OC(=O)c2ccccc2)c1. The molecule has 0 fully saturated rings. The number of hydrogen-bond acceptors (Lipinski definition) is 7. The summed E-state index contributed by atoms with van der Waals surface area (Å²) in [5.41, 5.74) is 0.523. The maximum Gasteiger partial charge on any atom is 0.343 e. The number of ether oxygens (including phenoxy) is 4. The largest absolute Gasteiger partial charge is 0.497 e. The van der Waals surface area contributed by atoms with Gasteiger partial charge in [0, 0.05) is 19.9 Å². The van der Waals surface area contributed by atoms with Crippen molar-refractivity contribution >= 4 is 17.9 Å². The average Bonchev–Trinajstić information content (AvgIpc) is 2.70. The van der Waals surface area contributed by atoms with E-state index in [1.807, 2.05) is 19.9 Å². The first kappa shape index (κ1) is 24.7. The number of benzene rings is 2. The Kier molecular flexibility index (Phi) is 13.0. The Morgan fingerprint density at radius 1 is 0.786 bits per heavy atom. The quantitative estimate of drug-likeness (QED) is 0.433. The summed E-state index contributed by atoms with van der Waals surface area (Å²) in [7, 11) is 1.57. The summed E-state index contributed by atoms with van der Waals surface area (Å²) >= 11 is 0. The van der Waals surface area contributed by atoms with Crippen LogP contribution in [-0.4, -0.2) is 31.8 Å². The number of carbonyl (C=O) groups excluding carboxylic acids is 3. The molecule has 0 aromatic heterocycles. The summed E-state index contributed by atoms with van der Waals surface area (Å²) in [4.78, 5) is 31.8. The maximum atomic E-state index is 11.8. The molecule has 0 atom stereocenters. The maximum absolute atomic E-state index is 11.8. The Balaban J connectivity index is 0.000000566. The first-order valence-electron chi connectivity index (χ1n) is 8.60. The van der Waals surface area contributed by atoms with E-state index in [4.69, 9.17) is 9.47 Å². The molecule has 0 spiro atoms. The number of methoxy groups -OCH3 is 1. The fraction of sp³-hybridized carbons (Fsp3) is 0.286. The summed E-state index contributed by atoms with van der Waals surface area (Å²) in [5, 5.41) is 0. The van der Waals surface area contributed by atoms with Gasteiger partial charge in [0.1, 0.15) is 11.5 Å². The summed E-state index contributed by atoms with van der Waals surface area (Å²) < 4.78 is 18.8. The fourth-order valence-corrected chi connectivity index (χ4v) is 1.60. The zero-order valence-electron chi connectivity index (χ0n) is 16.8. The third-order valence-corrected chi connectivity index (χ3v) is 2.79. The van der Waals surface area contributed by atoms with Crippen molar-refractivity contribution < 1.29 is 33.3 Å². The number of rotatable bonds is 5. The summed E-state index contributed by atoms with van der Waals surface area (Å²) in [6.45, 7) is 6.19. The van der Waals surface area contributed by atoms with Gasteiger partial charge >= 0.3 is 17.9 Å². The van der Waals surface area contributed by atoms with Crippen molar-refractivity contribution in [3.8, 4) is 11.5 Å². The molecule has 7 heteroatoms. The molecule has 0 saturated carbocycles. The van der Waals surface area contributed by atoms with Gasteiger partial charge in [0.15, 0.2) is 0 Å². The highest BCUT2D eigenvalue weighted by Gasteiger charge is 2.07. The lowest BCUT2D eigenvalue weighted by Gasteiger charge is -2.05. The molecule has 0 bridgehead atoms. The number of hydrogen-bond donors (Lipinski definition) is 0. The number of esters is 3. The van der Waals surface area contributed by atoms with Gasteiger partial charge in [-0.1, -0.05) is 38.1 Å². The van der Waals surface area contributed by atoms with Crippen LogP contribution in [0.1, 0.15) is 38.1 Å². The molecule has 0 unspecified atom stereocenters. The minimum Gasteiger partial charge on any atom is -0.497 e. The third kappa shape index (κ3) is 11.3. The van der Waals surface area contributed by atoms with Gasteiger partial charge in [-0.25, -0.2) is 4.79 Å². The topological polar surface area (TPSA) is 88.1 Å². The van der Waals surface area contributed by atoms with E-state index in [1.165, 1.54) is 13.8 Å². The van der Waals surface area contributed by atoms with E-state index in [1.54, 1.807) is 55.6 Å². The van der Waals surface area contributed by atoms with E-state index in [9.17, 15) is 14.4 Å². The van der Waals surface area contributed by atoms with Crippen molar-refractivity contribution in [1.82, 2.24) is 0 Å². The molecule has 0 aliphatic heterocycles. The molecule has 0 aliphatic rings. The Bertz CT molecular complexity index is 713. The van der Waals surface area contributed by atoms with Crippen molar-refractivity contribution in [2.75, 3.05) is 13.9 Å². The summed E-state index contributed by atoms with van der Waals surface area (Å²) in [6.07, 6.45) is 0. The predicted octanol–water partition coefficient (Wildman–Crippen LogP) is 4.01. The second-order valence-corrected chi connectivity index (χ2v) is 4.82. The van der Waals surface area contributed by atoms with Gasteiger partial charge in [0.2, 0.25) is 6.79 Å². The summed E-state index contributed by atoms with van der Waals surface area (Å²) in [5.74, 6) is -0.173. The second-order valence-electron chi connectivity index (χ2n) is 4.82. The van der Waals surface area contributed by atoms with Crippen LogP contribution in [0.5, 0.6) is 11.5 Å². The van der Waals surface area contributed by atoms with Crippen LogP contribution >= 0.6 is 0 Å². The van der Waals surface area contributed by atoms with Crippen LogP contribution in [0.25, 0.3) is 0 Å². The molecule has 152 valence electrons. The molecule has 0 aliphatic carbocycles. The first-order chi connectivity index (χ1) is 13.4. The Labute approximate surface area is 165 Å². The molecule has 7 nitrogen and oxygen atoms in total. The lowest BCUT2D eigenvalue weighted by atomic mass is 10.2. The molecule has 0 radical (unpaired) electrons. The normalized spacial score (nSPS) is 8.75. The fourth-order valence-electron chi connectivity index (χ4n) is 1.60. The molecular formula is C21H26O7. The van der Waals surface area contributed by atoms with Crippen LogP contribution < -0.4 is 9.47 Å². The molecule has 2 rings (SSSR count). The Morgan fingerprint density at radius 2 is 1.32 bits per heavy atom. The number of carbonyl (C=O) groups is 3. The van der Waals surface area contributed by atoms with Gasteiger partial charge in [-0.3, -0.25) is 9.59 Å². The third-order valence-electron chi connectivity index (χ3n) is 2.79. The smallest absolute Gasteiger partial charge is 0.343 e. The standard InChI is InChI=1S/C14H12O3.C5H8O4.C2H6/c1-16-12-8-5-9-13(10-12)17-14(15)11-6-3-2-4-7-11;1-4(6)8-3-9-5(2)7;1-2/h2-10H,1H3;3H2,1-2H3;1-2H3. The van der Waals surface area contributed by atoms with E-state index in [2.05, 4.69) is 9.47 Å². The summed E-state index contributed by atoms with van der Waals surface area (Å²) in [6, 6.07) is 15.8. The van der Waals surface area contributed by atoms with Crippen LogP contribution in [0.4, 0.5) is 0 Å². The van der Waals surface area contributed by atoms with Gasteiger partial charge in [-0.2, -0.15) is 0 Å². The zero-order chi connectivity index (χ0) is 21.4. The molecule has 28 heavy (non-hydrogen) atoms. The molecular weight excluding hydrogens is 364 g/mol. The molecule has 0 saturated heterocycles. The van der Waals surface area contributed by atoms with Gasteiger partial charge in [0.05, 0.1) is 12.7 Å². The second kappa shape index (κ2) is 14.8.